The van der Waals surface area contributed by atoms with Gasteiger partial charge in [0.2, 0.25) is 0 Å². The number of hydrogen-bond acceptors (Lipinski definition) is 2. The van der Waals surface area contributed by atoms with Crippen molar-refractivity contribution in [3.05, 3.63) is 29.8 Å². The van der Waals surface area contributed by atoms with Gasteiger partial charge in [-0.25, -0.2) is 0 Å². The van der Waals surface area contributed by atoms with Gasteiger partial charge < -0.3 is 10.6 Å². The SMILES string of the molecule is C[C@@H]1CCCC[C@H]1N(C)C(=O)c1ccc(N)cc1. The highest BCUT2D eigenvalue weighted by molar-refractivity contribution is 5.94. The fourth-order valence-electron chi connectivity index (χ4n) is 2.85. The predicted octanol–water partition coefficient (Wildman–Crippen LogP) is 2.92. The van der Waals surface area contributed by atoms with Crippen LogP contribution in [0.1, 0.15) is 43.0 Å². The maximum atomic E-state index is 12.4. The zero-order valence-corrected chi connectivity index (χ0v) is 11.2. The maximum Gasteiger partial charge on any atom is 0.253 e. The molecule has 3 heteroatoms. The van der Waals surface area contributed by atoms with Crippen LogP contribution in [0.25, 0.3) is 0 Å². The van der Waals surface area contributed by atoms with E-state index in [0.717, 1.165) is 12.0 Å². The lowest BCUT2D eigenvalue weighted by molar-refractivity contribution is 0.0629. The third-order valence-corrected chi connectivity index (χ3v) is 4.04. The van der Waals surface area contributed by atoms with Crippen LogP contribution in [0.4, 0.5) is 5.69 Å². The highest BCUT2D eigenvalue weighted by atomic mass is 16.2. The van der Waals surface area contributed by atoms with Crippen molar-refractivity contribution in [3.8, 4) is 0 Å². The maximum absolute atomic E-state index is 12.4. The van der Waals surface area contributed by atoms with E-state index in [4.69, 9.17) is 5.73 Å². The lowest BCUT2D eigenvalue weighted by Crippen LogP contribution is -2.42. The number of rotatable bonds is 2. The first-order chi connectivity index (χ1) is 8.59. The van der Waals surface area contributed by atoms with Crippen molar-refractivity contribution in [1.82, 2.24) is 4.90 Å². The molecule has 0 unspecified atom stereocenters. The first kappa shape index (κ1) is 12.9. The van der Waals surface area contributed by atoms with Crippen LogP contribution < -0.4 is 5.73 Å². The molecule has 2 atom stereocenters. The topological polar surface area (TPSA) is 46.3 Å². The van der Waals surface area contributed by atoms with Crippen LogP contribution in [0.2, 0.25) is 0 Å². The van der Waals surface area contributed by atoms with Gasteiger partial charge in [-0.2, -0.15) is 0 Å². The van der Waals surface area contributed by atoms with Gasteiger partial charge in [-0.1, -0.05) is 19.8 Å². The summed E-state index contributed by atoms with van der Waals surface area (Å²) in [5, 5.41) is 0. The Morgan fingerprint density at radius 2 is 1.83 bits per heavy atom. The summed E-state index contributed by atoms with van der Waals surface area (Å²) >= 11 is 0. The van der Waals surface area contributed by atoms with Crippen LogP contribution in [0.3, 0.4) is 0 Å². The molecule has 2 rings (SSSR count). The van der Waals surface area contributed by atoms with E-state index in [1.54, 1.807) is 12.1 Å². The van der Waals surface area contributed by atoms with E-state index in [-0.39, 0.29) is 5.91 Å². The van der Waals surface area contributed by atoms with Gasteiger partial charge in [-0.3, -0.25) is 4.79 Å². The summed E-state index contributed by atoms with van der Waals surface area (Å²) in [7, 11) is 1.92. The Bertz CT molecular complexity index is 413. The van der Waals surface area contributed by atoms with Crippen molar-refractivity contribution >= 4 is 11.6 Å². The van der Waals surface area contributed by atoms with Gasteiger partial charge in [0.05, 0.1) is 0 Å². The Labute approximate surface area is 109 Å². The van der Waals surface area contributed by atoms with Gasteiger partial charge in [-0.15, -0.1) is 0 Å². The monoisotopic (exact) mass is 246 g/mol. The van der Waals surface area contributed by atoms with E-state index < -0.39 is 0 Å². The van der Waals surface area contributed by atoms with Gasteiger partial charge in [0.15, 0.2) is 0 Å². The summed E-state index contributed by atoms with van der Waals surface area (Å²) in [5.41, 5.74) is 7.06. The summed E-state index contributed by atoms with van der Waals surface area (Å²) in [5.74, 6) is 0.704. The molecule has 3 nitrogen and oxygen atoms in total. The summed E-state index contributed by atoms with van der Waals surface area (Å²) in [4.78, 5) is 14.3. The molecule has 0 saturated heterocycles. The van der Waals surface area contributed by atoms with Crippen molar-refractivity contribution in [3.63, 3.8) is 0 Å². The first-order valence-corrected chi connectivity index (χ1v) is 6.72. The number of nitrogens with two attached hydrogens (primary N) is 1. The van der Waals surface area contributed by atoms with Crippen LogP contribution >= 0.6 is 0 Å². The summed E-state index contributed by atoms with van der Waals surface area (Å²) in [6, 6.07) is 7.56. The number of carbonyl (C=O) groups is 1. The molecule has 0 aliphatic heterocycles. The molecule has 1 fully saturated rings. The van der Waals surface area contributed by atoms with E-state index in [0.29, 0.717) is 17.6 Å². The van der Waals surface area contributed by atoms with Gasteiger partial charge in [0, 0.05) is 24.3 Å². The van der Waals surface area contributed by atoms with E-state index in [1.807, 2.05) is 24.1 Å². The van der Waals surface area contributed by atoms with Gasteiger partial charge in [0.1, 0.15) is 0 Å². The number of amides is 1. The van der Waals surface area contributed by atoms with Crippen molar-refractivity contribution in [2.75, 3.05) is 12.8 Å². The lowest BCUT2D eigenvalue weighted by Gasteiger charge is -2.36. The van der Waals surface area contributed by atoms with Crippen LogP contribution in [0, 0.1) is 5.92 Å². The molecular formula is C15H22N2O. The molecule has 1 aromatic rings. The molecule has 2 N–H and O–H groups in total. The molecule has 1 aliphatic rings. The summed E-state index contributed by atoms with van der Waals surface area (Å²) in [6.45, 7) is 2.25. The number of benzene rings is 1. The Kier molecular flexibility index (Phi) is 3.90. The third kappa shape index (κ3) is 2.66. The van der Waals surface area contributed by atoms with Gasteiger partial charge in [-0.05, 0) is 43.0 Å². The van der Waals surface area contributed by atoms with Crippen molar-refractivity contribution in [2.24, 2.45) is 5.92 Å². The highest BCUT2D eigenvalue weighted by Gasteiger charge is 2.28. The smallest absolute Gasteiger partial charge is 0.253 e. The molecule has 0 spiro atoms. The zero-order chi connectivity index (χ0) is 13.1. The molecule has 0 radical (unpaired) electrons. The minimum atomic E-state index is 0.105. The average Bonchev–Trinajstić information content (AvgIpc) is 2.38. The second-order valence-corrected chi connectivity index (χ2v) is 5.37. The Morgan fingerprint density at radius 3 is 2.44 bits per heavy atom. The fourth-order valence-corrected chi connectivity index (χ4v) is 2.85. The standard InChI is InChI=1S/C15H22N2O/c1-11-5-3-4-6-14(11)17(2)15(18)12-7-9-13(16)10-8-12/h7-11,14H,3-6,16H2,1-2H3/t11-,14-/m1/s1. The lowest BCUT2D eigenvalue weighted by atomic mass is 9.85. The van der Waals surface area contributed by atoms with Gasteiger partial charge in [0.25, 0.3) is 5.91 Å². The molecule has 18 heavy (non-hydrogen) atoms. The Hall–Kier alpha value is -1.51. The number of nitrogens with zero attached hydrogens (tertiary/aromatic N) is 1. The van der Waals surface area contributed by atoms with E-state index >= 15 is 0 Å². The number of anilines is 1. The minimum absolute atomic E-state index is 0.105. The normalized spacial score (nSPS) is 23.7. The van der Waals surface area contributed by atoms with Gasteiger partial charge >= 0.3 is 0 Å². The minimum Gasteiger partial charge on any atom is -0.399 e. The molecule has 0 heterocycles. The Morgan fingerprint density at radius 1 is 1.22 bits per heavy atom. The van der Waals surface area contributed by atoms with E-state index in [9.17, 15) is 4.79 Å². The molecule has 1 aromatic carbocycles. The van der Waals surface area contributed by atoms with Crippen LogP contribution in [0.5, 0.6) is 0 Å². The molecule has 0 aromatic heterocycles. The average molecular weight is 246 g/mol. The fraction of sp³-hybridized carbons (Fsp3) is 0.533. The summed E-state index contributed by atoms with van der Waals surface area (Å²) < 4.78 is 0. The van der Waals surface area contributed by atoms with Crippen LogP contribution in [0.15, 0.2) is 24.3 Å². The first-order valence-electron chi connectivity index (χ1n) is 6.72. The third-order valence-electron chi connectivity index (χ3n) is 4.04. The Balaban J connectivity index is 2.10. The van der Waals surface area contributed by atoms with Crippen molar-refractivity contribution < 1.29 is 4.79 Å². The van der Waals surface area contributed by atoms with Crippen molar-refractivity contribution in [1.29, 1.82) is 0 Å². The van der Waals surface area contributed by atoms with Crippen LogP contribution in [-0.2, 0) is 0 Å². The molecule has 1 amide bonds. The molecular weight excluding hydrogens is 224 g/mol. The molecule has 1 saturated carbocycles. The molecule has 98 valence electrons. The number of hydrogen-bond donors (Lipinski definition) is 1. The van der Waals surface area contributed by atoms with Crippen LogP contribution in [-0.4, -0.2) is 23.9 Å². The number of nitrogen functional groups attached to an aromatic ring is 1. The largest absolute Gasteiger partial charge is 0.399 e. The predicted molar refractivity (Wildman–Crippen MR) is 74.4 cm³/mol. The zero-order valence-electron chi connectivity index (χ0n) is 11.2. The van der Waals surface area contributed by atoms with Crippen molar-refractivity contribution in [2.45, 2.75) is 38.6 Å². The molecule has 1 aliphatic carbocycles. The quantitative estimate of drug-likeness (QED) is 0.815. The highest BCUT2D eigenvalue weighted by Crippen LogP contribution is 2.28. The second kappa shape index (κ2) is 5.42. The molecule has 0 bridgehead atoms. The number of carbonyl (C=O) groups excluding carboxylic acids is 1. The second-order valence-electron chi connectivity index (χ2n) is 5.37. The van der Waals surface area contributed by atoms with E-state index in [1.165, 1.54) is 19.3 Å². The van der Waals surface area contributed by atoms with E-state index in [2.05, 4.69) is 6.92 Å². The summed E-state index contributed by atoms with van der Waals surface area (Å²) in [6.07, 6.45) is 4.87.